The highest BCUT2D eigenvalue weighted by Crippen LogP contribution is 2.42. The van der Waals surface area contributed by atoms with Gasteiger partial charge in [-0.3, -0.25) is 4.79 Å². The lowest BCUT2D eigenvalue weighted by molar-refractivity contribution is -0.254. The fourth-order valence-corrected chi connectivity index (χ4v) is 3.88. The first kappa shape index (κ1) is 22.6. The number of nitrogens with zero attached hydrogens (tertiary/aromatic N) is 5. The minimum Gasteiger partial charge on any atom is -0.545 e. The van der Waals surface area contributed by atoms with Gasteiger partial charge in [0, 0.05) is 64.5 Å². The first-order chi connectivity index (χ1) is 16.2. The fraction of sp³-hybridized carbons (Fsp3) is 0.160. The molecule has 0 aromatic heterocycles. The summed E-state index contributed by atoms with van der Waals surface area (Å²) in [5.41, 5.74) is 11.5. The van der Waals surface area contributed by atoms with Crippen LogP contribution in [-0.2, 0) is 0 Å². The van der Waals surface area contributed by atoms with Crippen molar-refractivity contribution in [3.63, 3.8) is 0 Å². The molecule has 170 valence electrons. The van der Waals surface area contributed by atoms with Crippen molar-refractivity contribution in [2.45, 2.75) is 0 Å². The van der Waals surface area contributed by atoms with Gasteiger partial charge in [-0.2, -0.15) is 0 Å². The van der Waals surface area contributed by atoms with Crippen LogP contribution in [0.4, 0.5) is 5.69 Å². The summed E-state index contributed by atoms with van der Waals surface area (Å²) in [6.07, 6.45) is 0. The Hall–Kier alpha value is -4.62. The Morgan fingerprint density at radius 2 is 1.76 bits per heavy atom. The van der Waals surface area contributed by atoms with Gasteiger partial charge in [0.2, 0.25) is 11.3 Å². The molecule has 34 heavy (non-hydrogen) atoms. The second-order valence-corrected chi connectivity index (χ2v) is 8.17. The van der Waals surface area contributed by atoms with Gasteiger partial charge in [0.1, 0.15) is 25.4 Å². The smallest absolute Gasteiger partial charge is 0.249 e. The van der Waals surface area contributed by atoms with Crippen LogP contribution in [0.15, 0.2) is 64.1 Å². The van der Waals surface area contributed by atoms with Crippen molar-refractivity contribution in [2.24, 2.45) is 5.11 Å². The number of aromatic carboxylic acids is 1. The maximum absolute atomic E-state index is 12.1. The van der Waals surface area contributed by atoms with Gasteiger partial charge in [-0.15, -0.1) is 0 Å². The number of hydrogen-bond acceptors (Lipinski definition) is 5. The lowest BCUT2D eigenvalue weighted by Crippen LogP contribution is -2.24. The monoisotopic (exact) mass is 455 g/mol. The summed E-state index contributed by atoms with van der Waals surface area (Å²) in [5, 5.41) is 16.8. The number of benzene rings is 3. The van der Waals surface area contributed by atoms with Crippen molar-refractivity contribution in [1.82, 2.24) is 4.58 Å². The quantitative estimate of drug-likeness (QED) is 0.154. The third-order valence-electron chi connectivity index (χ3n) is 5.61. The Morgan fingerprint density at radius 3 is 2.41 bits per heavy atom. The lowest BCUT2D eigenvalue weighted by Gasteiger charge is -2.20. The molecular formula is C25H21N5O4. The molecule has 1 amide bonds. The zero-order valence-electron chi connectivity index (χ0n) is 19.1. The van der Waals surface area contributed by atoms with Crippen LogP contribution in [0.5, 0.6) is 0 Å². The average molecular weight is 455 g/mol. The highest BCUT2D eigenvalue weighted by atomic mass is 16.4. The van der Waals surface area contributed by atoms with Gasteiger partial charge in [0.25, 0.3) is 0 Å². The molecule has 0 atom stereocenters. The van der Waals surface area contributed by atoms with E-state index in [4.69, 9.17) is 9.95 Å². The molecule has 0 spiro atoms. The number of hydrogen-bond donors (Lipinski definition) is 0. The summed E-state index contributed by atoms with van der Waals surface area (Å²) >= 11 is 0. The van der Waals surface area contributed by atoms with Gasteiger partial charge in [0.05, 0.1) is 12.0 Å². The van der Waals surface area contributed by atoms with Crippen LogP contribution >= 0.6 is 0 Å². The highest BCUT2D eigenvalue weighted by molar-refractivity contribution is 6.09. The van der Waals surface area contributed by atoms with Crippen molar-refractivity contribution in [2.75, 3.05) is 33.1 Å². The number of amides is 1. The molecule has 0 saturated carbocycles. The molecule has 0 unspecified atom stereocenters. The molecular weight excluding hydrogens is 434 g/mol. The van der Waals surface area contributed by atoms with Gasteiger partial charge < -0.3 is 19.2 Å². The standard InChI is InChI=1S/C25H21N5O4/c1-29(2)15-6-9-18-21(12-15)34-22-13-16(30(3)4)7-10-19(22)23(18)17-8-5-14(24(31)27-28-26)11-20(17)25(32)33/h5-13H,1-4H3. The lowest BCUT2D eigenvalue weighted by atomic mass is 9.89. The van der Waals surface area contributed by atoms with Crippen LogP contribution in [0.3, 0.4) is 0 Å². The van der Waals surface area contributed by atoms with Crippen LogP contribution in [0.2, 0.25) is 0 Å². The molecule has 2 aromatic carbocycles. The molecule has 1 aliphatic carbocycles. The zero-order chi connectivity index (χ0) is 24.6. The predicted molar refractivity (Wildman–Crippen MR) is 128 cm³/mol. The van der Waals surface area contributed by atoms with Crippen molar-refractivity contribution in [1.29, 1.82) is 0 Å². The third kappa shape index (κ3) is 3.96. The van der Waals surface area contributed by atoms with Crippen molar-refractivity contribution in [3.8, 4) is 22.5 Å². The average Bonchev–Trinajstić information content (AvgIpc) is 2.81. The summed E-state index contributed by atoms with van der Waals surface area (Å²) in [6.45, 7) is 0. The number of anilines is 1. The van der Waals surface area contributed by atoms with E-state index in [1.807, 2.05) is 74.1 Å². The molecule has 0 saturated heterocycles. The van der Waals surface area contributed by atoms with Crippen molar-refractivity contribution < 1.29 is 19.1 Å². The van der Waals surface area contributed by atoms with E-state index < -0.39 is 11.9 Å². The minimum atomic E-state index is -1.46. The van der Waals surface area contributed by atoms with Gasteiger partial charge in [-0.25, -0.2) is 4.58 Å². The molecule has 0 fully saturated rings. The molecule has 0 N–H and O–H groups in total. The molecule has 0 bridgehead atoms. The van der Waals surface area contributed by atoms with Crippen LogP contribution < -0.4 is 19.9 Å². The van der Waals surface area contributed by atoms with Gasteiger partial charge in [0.15, 0.2) is 0 Å². The Bertz CT molecular complexity index is 1560. The van der Waals surface area contributed by atoms with Crippen LogP contribution in [0.25, 0.3) is 43.9 Å². The normalized spacial score (nSPS) is 10.7. The molecule has 1 aliphatic heterocycles. The number of carbonyl (C=O) groups excluding carboxylic acids is 2. The number of rotatable bonds is 4. The summed E-state index contributed by atoms with van der Waals surface area (Å²) in [7, 11) is 7.67. The topological polar surface area (TPSA) is 125 Å². The number of azide groups is 1. The number of carbonyl (C=O) groups is 2. The predicted octanol–water partition coefficient (Wildman–Crippen LogP) is 3.12. The van der Waals surface area contributed by atoms with Gasteiger partial charge in [-0.05, 0) is 40.5 Å². The van der Waals surface area contributed by atoms with E-state index in [2.05, 4.69) is 10.0 Å². The molecule has 9 nitrogen and oxygen atoms in total. The van der Waals surface area contributed by atoms with Crippen LogP contribution in [0, 0.1) is 0 Å². The summed E-state index contributed by atoms with van der Waals surface area (Å²) in [5.74, 6) is -1.76. The third-order valence-corrected chi connectivity index (χ3v) is 5.61. The molecule has 9 heteroatoms. The van der Waals surface area contributed by atoms with Gasteiger partial charge >= 0.3 is 0 Å². The van der Waals surface area contributed by atoms with E-state index in [9.17, 15) is 14.7 Å². The molecule has 1 heterocycles. The van der Waals surface area contributed by atoms with Gasteiger partial charge in [-0.1, -0.05) is 12.1 Å². The van der Waals surface area contributed by atoms with E-state index in [-0.39, 0.29) is 11.1 Å². The highest BCUT2D eigenvalue weighted by Gasteiger charge is 2.21. The van der Waals surface area contributed by atoms with E-state index in [1.54, 1.807) is 0 Å². The van der Waals surface area contributed by atoms with Crippen LogP contribution in [0.1, 0.15) is 20.7 Å². The van der Waals surface area contributed by atoms with Crippen LogP contribution in [-0.4, -0.2) is 40.1 Å². The number of fused-ring (bicyclic) bond motifs is 2. The van der Waals surface area contributed by atoms with E-state index >= 15 is 0 Å². The van der Waals surface area contributed by atoms with Crippen molar-refractivity contribution >= 4 is 28.5 Å². The molecule has 2 aliphatic rings. The molecule has 4 rings (SSSR count). The SMILES string of the molecule is CN(C)c1ccc2c(-c3ccc(C(=O)N=[N+]=[N-])cc3C(=O)[O-])c3ccc(=[N+](C)C)cc-3oc2c1. The first-order valence-electron chi connectivity index (χ1n) is 10.3. The zero-order valence-corrected chi connectivity index (χ0v) is 19.1. The maximum atomic E-state index is 12.1. The van der Waals surface area contributed by atoms with E-state index in [0.717, 1.165) is 11.0 Å². The Labute approximate surface area is 194 Å². The van der Waals surface area contributed by atoms with Crippen molar-refractivity contribution in [3.05, 3.63) is 81.5 Å². The Morgan fingerprint density at radius 1 is 1.03 bits per heavy atom. The van der Waals surface area contributed by atoms with E-state index in [1.165, 1.54) is 18.2 Å². The first-order valence-corrected chi connectivity index (χ1v) is 10.3. The molecule has 2 aromatic rings. The Balaban J connectivity index is 2.13. The Kier molecular flexibility index (Phi) is 5.79. The number of carboxylic acids is 1. The minimum absolute atomic E-state index is 0.0419. The summed E-state index contributed by atoms with van der Waals surface area (Å²) in [4.78, 5) is 28.6. The second kappa shape index (κ2) is 8.73. The summed E-state index contributed by atoms with van der Waals surface area (Å²) < 4.78 is 8.20. The fourth-order valence-electron chi connectivity index (χ4n) is 3.88. The summed E-state index contributed by atoms with van der Waals surface area (Å²) in [6, 6.07) is 15.5. The molecule has 0 radical (unpaired) electrons. The van der Waals surface area contributed by atoms with E-state index in [0.29, 0.717) is 33.4 Å². The maximum Gasteiger partial charge on any atom is 0.249 e. The second-order valence-electron chi connectivity index (χ2n) is 8.17. The largest absolute Gasteiger partial charge is 0.545 e. The number of carboxylic acid groups (broad SMARTS) is 1.